The number of rotatable bonds is 10. The van der Waals surface area contributed by atoms with Crippen LogP contribution >= 0.6 is 0 Å². The Bertz CT molecular complexity index is 967. The summed E-state index contributed by atoms with van der Waals surface area (Å²) < 4.78 is 61.9. The van der Waals surface area contributed by atoms with E-state index in [-0.39, 0.29) is 17.2 Å². The van der Waals surface area contributed by atoms with Gasteiger partial charge in [-0.1, -0.05) is 12.1 Å². The third-order valence-electron chi connectivity index (χ3n) is 4.98. The second-order valence-electron chi connectivity index (χ2n) is 7.10. The van der Waals surface area contributed by atoms with Gasteiger partial charge < -0.3 is 19.7 Å². The average molecular weight is 456 g/mol. The van der Waals surface area contributed by atoms with Gasteiger partial charge in [0.1, 0.15) is 11.5 Å². The van der Waals surface area contributed by atoms with Crippen LogP contribution in [0, 0.1) is 0 Å². The van der Waals surface area contributed by atoms with Gasteiger partial charge in [0, 0.05) is 38.8 Å². The van der Waals surface area contributed by atoms with Crippen LogP contribution in [0.5, 0.6) is 11.5 Å². The van der Waals surface area contributed by atoms with Crippen molar-refractivity contribution < 1.29 is 26.7 Å². The van der Waals surface area contributed by atoms with Gasteiger partial charge in [-0.2, -0.15) is 8.78 Å². The number of alkyl halides is 2. The van der Waals surface area contributed by atoms with Crippen molar-refractivity contribution in [2.75, 3.05) is 44.7 Å². The predicted octanol–water partition coefficient (Wildman–Crippen LogP) is 2.62. The molecule has 0 amide bonds. The first-order chi connectivity index (χ1) is 14.9. The Morgan fingerprint density at radius 2 is 1.94 bits per heavy atom. The Kier molecular flexibility index (Phi) is 8.05. The quantitative estimate of drug-likeness (QED) is 0.536. The molecule has 7 nitrogen and oxygen atoms in total. The number of piperazine rings is 1. The first-order valence-electron chi connectivity index (χ1n) is 10.1. The van der Waals surface area contributed by atoms with Crippen molar-refractivity contribution in [2.45, 2.75) is 24.3 Å². The Labute approximate surface area is 181 Å². The van der Waals surface area contributed by atoms with E-state index in [1.165, 1.54) is 18.2 Å². The Morgan fingerprint density at radius 1 is 1.16 bits per heavy atom. The lowest BCUT2D eigenvalue weighted by Crippen LogP contribution is -2.43. The monoisotopic (exact) mass is 455 g/mol. The zero-order valence-corrected chi connectivity index (χ0v) is 18.1. The van der Waals surface area contributed by atoms with E-state index >= 15 is 0 Å². The number of nitrogens with one attached hydrogen (secondary N) is 2. The normalized spacial score (nSPS) is 14.6. The molecule has 0 bridgehead atoms. The van der Waals surface area contributed by atoms with Crippen LogP contribution in [-0.4, -0.2) is 54.9 Å². The molecule has 1 aliphatic heterocycles. The molecule has 1 heterocycles. The van der Waals surface area contributed by atoms with Gasteiger partial charge in [0.2, 0.25) is 10.0 Å². The van der Waals surface area contributed by atoms with Crippen LogP contribution in [0.1, 0.15) is 12.0 Å². The molecule has 0 atom stereocenters. The predicted molar refractivity (Wildman–Crippen MR) is 115 cm³/mol. The standard InChI is InChI=1S/C21H27F2N3O4S/c1-29-20-8-7-16(14-19(20)26-12-10-24-11-13-26)4-3-9-25-31(27,28)18-6-2-5-17(15-18)30-21(22)23/h2,5-8,14-15,21,24-25H,3-4,9-13H2,1H3. The van der Waals surface area contributed by atoms with E-state index in [0.717, 1.165) is 49.2 Å². The maximum absolute atomic E-state index is 12.4. The molecule has 1 saturated heterocycles. The second kappa shape index (κ2) is 10.7. The largest absolute Gasteiger partial charge is 0.495 e. The molecule has 2 N–H and O–H groups in total. The Hall–Kier alpha value is -2.43. The fraction of sp³-hybridized carbons (Fsp3) is 0.429. The number of halogens is 2. The molecule has 0 saturated carbocycles. The minimum atomic E-state index is -3.82. The van der Waals surface area contributed by atoms with Crippen LogP contribution in [0.4, 0.5) is 14.5 Å². The van der Waals surface area contributed by atoms with Crippen LogP contribution in [0.2, 0.25) is 0 Å². The van der Waals surface area contributed by atoms with Gasteiger partial charge in [0.25, 0.3) is 0 Å². The van der Waals surface area contributed by atoms with Crippen molar-refractivity contribution in [2.24, 2.45) is 0 Å². The molecule has 1 fully saturated rings. The number of ether oxygens (including phenoxy) is 2. The highest BCUT2D eigenvalue weighted by Gasteiger charge is 2.17. The maximum atomic E-state index is 12.4. The van der Waals surface area contributed by atoms with Gasteiger partial charge in [-0.05, 0) is 42.7 Å². The lowest BCUT2D eigenvalue weighted by atomic mass is 10.1. The van der Waals surface area contributed by atoms with E-state index in [1.807, 2.05) is 12.1 Å². The molecule has 0 aliphatic carbocycles. The van der Waals surface area contributed by atoms with Crippen molar-refractivity contribution in [3.05, 3.63) is 48.0 Å². The van der Waals surface area contributed by atoms with Crippen LogP contribution in [-0.2, 0) is 16.4 Å². The molecule has 0 aromatic heterocycles. The fourth-order valence-electron chi connectivity index (χ4n) is 3.44. The molecule has 170 valence electrons. The molecule has 0 spiro atoms. The number of hydrogen-bond acceptors (Lipinski definition) is 6. The van der Waals surface area contributed by atoms with Gasteiger partial charge in [-0.25, -0.2) is 13.1 Å². The summed E-state index contributed by atoms with van der Waals surface area (Å²) in [5.74, 6) is 0.619. The van der Waals surface area contributed by atoms with Crippen molar-refractivity contribution >= 4 is 15.7 Å². The zero-order valence-electron chi connectivity index (χ0n) is 17.3. The van der Waals surface area contributed by atoms with Crippen LogP contribution in [0.3, 0.4) is 0 Å². The van der Waals surface area contributed by atoms with Crippen molar-refractivity contribution in [3.8, 4) is 11.5 Å². The van der Waals surface area contributed by atoms with Gasteiger partial charge >= 0.3 is 6.61 Å². The zero-order chi connectivity index (χ0) is 22.3. The van der Waals surface area contributed by atoms with E-state index in [1.54, 1.807) is 7.11 Å². The third-order valence-corrected chi connectivity index (χ3v) is 6.43. The summed E-state index contributed by atoms with van der Waals surface area (Å²) in [5.41, 5.74) is 2.12. The molecule has 0 unspecified atom stereocenters. The summed E-state index contributed by atoms with van der Waals surface area (Å²) in [5, 5.41) is 3.33. The Morgan fingerprint density at radius 3 is 2.65 bits per heavy atom. The Balaban J connectivity index is 1.57. The average Bonchev–Trinajstić information content (AvgIpc) is 2.77. The molecule has 2 aromatic rings. The molecule has 0 radical (unpaired) electrons. The topological polar surface area (TPSA) is 79.9 Å². The van der Waals surface area contributed by atoms with E-state index in [9.17, 15) is 17.2 Å². The molecular weight excluding hydrogens is 428 g/mol. The van der Waals surface area contributed by atoms with E-state index in [0.29, 0.717) is 12.8 Å². The summed E-state index contributed by atoms with van der Waals surface area (Å²) in [4.78, 5) is 2.16. The van der Waals surface area contributed by atoms with Gasteiger partial charge in [0.05, 0.1) is 17.7 Å². The van der Waals surface area contributed by atoms with Crippen molar-refractivity contribution in [1.29, 1.82) is 0 Å². The summed E-state index contributed by atoms with van der Waals surface area (Å²) in [7, 11) is -2.17. The highest BCUT2D eigenvalue weighted by molar-refractivity contribution is 7.89. The maximum Gasteiger partial charge on any atom is 0.387 e. The number of anilines is 1. The van der Waals surface area contributed by atoms with Gasteiger partial charge in [-0.15, -0.1) is 0 Å². The fourth-order valence-corrected chi connectivity index (χ4v) is 4.55. The van der Waals surface area contributed by atoms with Crippen LogP contribution < -0.4 is 24.4 Å². The number of nitrogens with zero attached hydrogens (tertiary/aromatic N) is 1. The van der Waals surface area contributed by atoms with Gasteiger partial charge in [0.15, 0.2) is 0 Å². The number of sulfonamides is 1. The summed E-state index contributed by atoms with van der Waals surface area (Å²) in [6, 6.07) is 11.1. The summed E-state index contributed by atoms with van der Waals surface area (Å²) >= 11 is 0. The van der Waals surface area contributed by atoms with E-state index in [4.69, 9.17) is 4.74 Å². The molecule has 3 rings (SSSR count). The number of hydrogen-bond donors (Lipinski definition) is 2. The highest BCUT2D eigenvalue weighted by Crippen LogP contribution is 2.30. The molecule has 1 aliphatic rings. The molecule has 10 heteroatoms. The minimum absolute atomic E-state index is 0.115. The van der Waals surface area contributed by atoms with Crippen LogP contribution in [0.15, 0.2) is 47.4 Å². The molecule has 31 heavy (non-hydrogen) atoms. The lowest BCUT2D eigenvalue weighted by Gasteiger charge is -2.31. The number of methoxy groups -OCH3 is 1. The van der Waals surface area contributed by atoms with E-state index < -0.39 is 16.6 Å². The first-order valence-corrected chi connectivity index (χ1v) is 11.5. The summed E-state index contributed by atoms with van der Waals surface area (Å²) in [6.45, 7) is 0.831. The van der Waals surface area contributed by atoms with Crippen molar-refractivity contribution in [1.82, 2.24) is 10.0 Å². The molecule has 2 aromatic carbocycles. The van der Waals surface area contributed by atoms with Crippen molar-refractivity contribution in [3.63, 3.8) is 0 Å². The van der Waals surface area contributed by atoms with Crippen LogP contribution in [0.25, 0.3) is 0 Å². The highest BCUT2D eigenvalue weighted by atomic mass is 32.2. The second-order valence-corrected chi connectivity index (χ2v) is 8.86. The third kappa shape index (κ3) is 6.52. The number of aryl methyl sites for hydroxylation is 1. The van der Waals surface area contributed by atoms with Gasteiger partial charge in [-0.3, -0.25) is 0 Å². The smallest absolute Gasteiger partial charge is 0.387 e. The summed E-state index contributed by atoms with van der Waals surface area (Å²) in [6.07, 6.45) is 1.26. The first kappa shape index (κ1) is 23.2. The minimum Gasteiger partial charge on any atom is -0.495 e. The lowest BCUT2D eigenvalue weighted by molar-refractivity contribution is -0.0499. The van der Waals surface area contributed by atoms with E-state index in [2.05, 4.69) is 25.7 Å². The SMILES string of the molecule is COc1ccc(CCCNS(=O)(=O)c2cccc(OC(F)F)c2)cc1N1CCNCC1. The molecular formula is C21H27F2N3O4S. The number of benzene rings is 2.